The van der Waals surface area contributed by atoms with Crippen LogP contribution in [-0.2, 0) is 11.3 Å². The maximum absolute atomic E-state index is 13.4. The molecule has 6 nitrogen and oxygen atoms in total. The number of para-hydroxylation sites is 2. The van der Waals surface area contributed by atoms with Gasteiger partial charge in [-0.1, -0.05) is 12.1 Å². The first-order chi connectivity index (χ1) is 13.0. The minimum absolute atomic E-state index is 0.0295. The normalized spacial score (nSPS) is 11.0. The number of benzene rings is 2. The summed E-state index contributed by atoms with van der Waals surface area (Å²) in [5, 5.41) is 0. The van der Waals surface area contributed by atoms with Gasteiger partial charge in [-0.3, -0.25) is 4.57 Å². The van der Waals surface area contributed by atoms with Crippen molar-refractivity contribution < 1.29 is 27.8 Å². The van der Waals surface area contributed by atoms with Gasteiger partial charge in [0.25, 0.3) is 0 Å². The summed E-state index contributed by atoms with van der Waals surface area (Å²) >= 11 is 0. The molecule has 0 saturated carbocycles. The van der Waals surface area contributed by atoms with Crippen molar-refractivity contribution in [2.45, 2.75) is 20.1 Å². The highest BCUT2D eigenvalue weighted by Crippen LogP contribution is 2.29. The highest BCUT2D eigenvalue weighted by atomic mass is 19.3. The molecule has 0 radical (unpaired) electrons. The quantitative estimate of drug-likeness (QED) is 0.579. The van der Waals surface area contributed by atoms with Gasteiger partial charge in [0, 0.05) is 0 Å². The van der Waals surface area contributed by atoms with E-state index in [1.54, 1.807) is 31.2 Å². The van der Waals surface area contributed by atoms with Crippen molar-refractivity contribution in [2.75, 3.05) is 13.7 Å². The Hall–Kier alpha value is -3.16. The number of nitrogens with zero attached hydrogens (tertiary/aromatic N) is 2. The molecule has 0 unspecified atom stereocenters. The monoisotopic (exact) mass is 376 g/mol. The van der Waals surface area contributed by atoms with Crippen LogP contribution in [0.3, 0.4) is 0 Å². The average Bonchev–Trinajstić information content (AvgIpc) is 3.05. The van der Waals surface area contributed by atoms with Crippen LogP contribution in [0.5, 0.6) is 11.5 Å². The average molecular weight is 376 g/mol. The number of fused-ring (bicyclic) bond motifs is 1. The Labute approximate surface area is 154 Å². The molecule has 8 heteroatoms. The second-order valence-electron chi connectivity index (χ2n) is 5.54. The van der Waals surface area contributed by atoms with Gasteiger partial charge in [-0.15, -0.1) is 0 Å². The van der Waals surface area contributed by atoms with Crippen molar-refractivity contribution in [2.24, 2.45) is 0 Å². The number of imidazole rings is 1. The Balaban J connectivity index is 1.81. The van der Waals surface area contributed by atoms with Crippen molar-refractivity contribution >= 4 is 17.0 Å². The van der Waals surface area contributed by atoms with Crippen molar-refractivity contribution in [3.63, 3.8) is 0 Å². The minimum atomic E-state index is -2.79. The third kappa shape index (κ3) is 3.84. The molecule has 1 heterocycles. The summed E-state index contributed by atoms with van der Waals surface area (Å²) in [4.78, 5) is 16.5. The van der Waals surface area contributed by atoms with Gasteiger partial charge >= 0.3 is 12.5 Å². The molecule has 0 aliphatic rings. The number of aromatic nitrogens is 2. The fourth-order valence-corrected chi connectivity index (χ4v) is 2.70. The molecule has 0 aliphatic heterocycles. The lowest BCUT2D eigenvalue weighted by Gasteiger charge is -2.11. The molecule has 0 N–H and O–H groups in total. The van der Waals surface area contributed by atoms with Gasteiger partial charge in [-0.2, -0.15) is 8.78 Å². The molecule has 27 heavy (non-hydrogen) atoms. The van der Waals surface area contributed by atoms with E-state index in [0.29, 0.717) is 23.6 Å². The molecule has 3 rings (SSSR count). The Morgan fingerprint density at radius 2 is 1.96 bits per heavy atom. The summed E-state index contributed by atoms with van der Waals surface area (Å²) in [6, 6.07) is 11.1. The predicted octanol–water partition coefficient (Wildman–Crippen LogP) is 4.20. The van der Waals surface area contributed by atoms with E-state index in [0.717, 1.165) is 4.57 Å². The lowest BCUT2D eigenvalue weighted by atomic mass is 10.2. The van der Waals surface area contributed by atoms with Crippen molar-refractivity contribution in [1.82, 2.24) is 9.55 Å². The molecule has 0 spiro atoms. The molecule has 0 amide bonds. The van der Waals surface area contributed by atoms with E-state index >= 15 is 0 Å². The summed E-state index contributed by atoms with van der Waals surface area (Å²) < 4.78 is 43.4. The molecule has 1 aromatic heterocycles. The first kappa shape index (κ1) is 18.6. The van der Waals surface area contributed by atoms with E-state index in [2.05, 4.69) is 4.98 Å². The summed E-state index contributed by atoms with van der Waals surface area (Å²) in [6.45, 7) is -0.975. The zero-order valence-electron chi connectivity index (χ0n) is 14.8. The first-order valence-electron chi connectivity index (χ1n) is 8.27. The standard InChI is InChI=1S/C19H18F2N2O4/c1-3-26-16-10-12(8-9-15(16)25-2)18(24)27-11-17-22-13-6-4-5-7-14(13)23(17)19(20)21/h4-10,19H,3,11H2,1-2H3. The first-order valence-corrected chi connectivity index (χ1v) is 8.27. The van der Waals surface area contributed by atoms with Crippen LogP contribution in [0.4, 0.5) is 8.78 Å². The van der Waals surface area contributed by atoms with Crippen LogP contribution in [0, 0.1) is 0 Å². The molecule has 2 aromatic carbocycles. The van der Waals surface area contributed by atoms with E-state index in [1.165, 1.54) is 25.3 Å². The number of ether oxygens (including phenoxy) is 3. The fraction of sp³-hybridized carbons (Fsp3) is 0.263. The van der Waals surface area contributed by atoms with E-state index in [9.17, 15) is 13.6 Å². The third-order valence-electron chi connectivity index (χ3n) is 3.90. The van der Waals surface area contributed by atoms with Gasteiger partial charge < -0.3 is 14.2 Å². The zero-order valence-corrected chi connectivity index (χ0v) is 14.8. The molecule has 142 valence electrons. The number of esters is 1. The van der Waals surface area contributed by atoms with Crippen molar-refractivity contribution in [3.05, 3.63) is 53.9 Å². The summed E-state index contributed by atoms with van der Waals surface area (Å²) in [6.07, 6.45) is 0. The number of carbonyl (C=O) groups is 1. The minimum Gasteiger partial charge on any atom is -0.493 e. The molecular weight excluding hydrogens is 358 g/mol. The van der Waals surface area contributed by atoms with Gasteiger partial charge in [-0.05, 0) is 37.3 Å². The number of alkyl halides is 2. The highest BCUT2D eigenvalue weighted by Gasteiger charge is 2.19. The van der Waals surface area contributed by atoms with Crippen LogP contribution >= 0.6 is 0 Å². The third-order valence-corrected chi connectivity index (χ3v) is 3.90. The SMILES string of the molecule is CCOc1cc(C(=O)OCc2nc3ccccc3n2C(F)F)ccc1OC. The fourth-order valence-electron chi connectivity index (χ4n) is 2.70. The van der Waals surface area contributed by atoms with Gasteiger partial charge in [0.15, 0.2) is 17.3 Å². The van der Waals surface area contributed by atoms with E-state index in [1.807, 2.05) is 0 Å². The van der Waals surface area contributed by atoms with Gasteiger partial charge in [0.05, 0.1) is 30.3 Å². The van der Waals surface area contributed by atoms with E-state index < -0.39 is 12.5 Å². The van der Waals surface area contributed by atoms with Crippen LogP contribution in [-0.4, -0.2) is 29.2 Å². The van der Waals surface area contributed by atoms with Crippen LogP contribution < -0.4 is 9.47 Å². The number of rotatable bonds is 7. The van der Waals surface area contributed by atoms with Gasteiger partial charge in [-0.25, -0.2) is 9.78 Å². The van der Waals surface area contributed by atoms with Crippen LogP contribution in [0.2, 0.25) is 0 Å². The molecule has 0 bridgehead atoms. The maximum Gasteiger partial charge on any atom is 0.338 e. The number of methoxy groups -OCH3 is 1. The lowest BCUT2D eigenvalue weighted by molar-refractivity contribution is 0.0387. The van der Waals surface area contributed by atoms with E-state index in [-0.39, 0.29) is 23.5 Å². The summed E-state index contributed by atoms with van der Waals surface area (Å²) in [7, 11) is 1.49. The molecule has 0 saturated heterocycles. The van der Waals surface area contributed by atoms with Gasteiger partial charge in [0.1, 0.15) is 6.61 Å². The maximum atomic E-state index is 13.4. The van der Waals surface area contributed by atoms with Crippen LogP contribution in [0.1, 0.15) is 29.7 Å². The molecule has 0 fully saturated rings. The molecule has 0 aliphatic carbocycles. The van der Waals surface area contributed by atoms with Gasteiger partial charge in [0.2, 0.25) is 0 Å². The van der Waals surface area contributed by atoms with E-state index in [4.69, 9.17) is 14.2 Å². The highest BCUT2D eigenvalue weighted by molar-refractivity contribution is 5.90. The Kier molecular flexibility index (Phi) is 5.54. The Morgan fingerprint density at radius 1 is 1.19 bits per heavy atom. The smallest absolute Gasteiger partial charge is 0.338 e. The van der Waals surface area contributed by atoms with Crippen molar-refractivity contribution in [1.29, 1.82) is 0 Å². The predicted molar refractivity (Wildman–Crippen MR) is 94.3 cm³/mol. The summed E-state index contributed by atoms with van der Waals surface area (Å²) in [5.74, 6) is 0.173. The topological polar surface area (TPSA) is 62.6 Å². The number of carbonyl (C=O) groups excluding carboxylic acids is 1. The Morgan fingerprint density at radius 3 is 2.67 bits per heavy atom. The summed E-state index contributed by atoms with van der Waals surface area (Å²) in [5.41, 5.74) is 0.910. The lowest BCUT2D eigenvalue weighted by Crippen LogP contribution is -2.11. The second kappa shape index (κ2) is 8.03. The Bertz CT molecular complexity index is 956. The number of hydrogen-bond donors (Lipinski definition) is 0. The number of halogens is 2. The van der Waals surface area contributed by atoms with Crippen LogP contribution in [0.25, 0.3) is 11.0 Å². The second-order valence-corrected chi connectivity index (χ2v) is 5.54. The molecule has 3 aromatic rings. The largest absolute Gasteiger partial charge is 0.493 e. The number of hydrogen-bond acceptors (Lipinski definition) is 5. The molecular formula is C19H18F2N2O4. The van der Waals surface area contributed by atoms with Crippen molar-refractivity contribution in [3.8, 4) is 11.5 Å². The zero-order chi connectivity index (χ0) is 19.4. The molecule has 0 atom stereocenters. The van der Waals surface area contributed by atoms with Crippen LogP contribution in [0.15, 0.2) is 42.5 Å².